The molecule has 22 heavy (non-hydrogen) atoms. The number of fused-ring (bicyclic) bond motifs is 4. The van der Waals surface area contributed by atoms with Crippen molar-refractivity contribution >= 4 is 0 Å². The first-order valence-electron chi connectivity index (χ1n) is 8.85. The van der Waals surface area contributed by atoms with Crippen molar-refractivity contribution in [3.05, 3.63) is 22.8 Å². The fourth-order valence-corrected chi connectivity index (χ4v) is 6.07. The first-order chi connectivity index (χ1) is 10.3. The molecule has 3 heteroatoms. The van der Waals surface area contributed by atoms with Crippen LogP contribution in [0, 0.1) is 16.7 Å². The zero-order chi connectivity index (χ0) is 15.8. The molecule has 0 spiro atoms. The van der Waals surface area contributed by atoms with Crippen LogP contribution in [0.15, 0.2) is 22.8 Å². The molecule has 2 fully saturated rings. The molecule has 0 amide bonds. The summed E-state index contributed by atoms with van der Waals surface area (Å²) in [7, 11) is 0. The molecule has 0 aromatic carbocycles. The molecule has 0 saturated heterocycles. The van der Waals surface area contributed by atoms with Crippen LogP contribution in [-0.2, 0) is 0 Å². The van der Waals surface area contributed by atoms with Crippen LogP contribution in [-0.4, -0.2) is 27.2 Å². The van der Waals surface area contributed by atoms with E-state index in [0.29, 0.717) is 11.8 Å². The van der Waals surface area contributed by atoms with E-state index in [9.17, 15) is 15.3 Å². The van der Waals surface area contributed by atoms with E-state index >= 15 is 0 Å². The van der Waals surface area contributed by atoms with Gasteiger partial charge in [-0.3, -0.25) is 0 Å². The van der Waals surface area contributed by atoms with Crippen LogP contribution in [0.1, 0.15) is 65.2 Å². The molecule has 4 aliphatic carbocycles. The highest BCUT2D eigenvalue weighted by atomic mass is 16.5. The molecule has 3 N–H and O–H groups in total. The lowest BCUT2D eigenvalue weighted by molar-refractivity contribution is -0.295. The molecule has 0 aromatic heterocycles. The van der Waals surface area contributed by atoms with E-state index in [1.54, 1.807) is 5.57 Å². The van der Waals surface area contributed by atoms with Crippen molar-refractivity contribution in [1.82, 2.24) is 0 Å². The topological polar surface area (TPSA) is 60.7 Å². The second kappa shape index (κ2) is 4.46. The van der Waals surface area contributed by atoms with Crippen LogP contribution < -0.4 is 0 Å². The summed E-state index contributed by atoms with van der Waals surface area (Å²) in [6.45, 7) is 4.37. The van der Waals surface area contributed by atoms with Gasteiger partial charge in [-0.25, -0.2) is 0 Å². The minimum atomic E-state index is -2.01. The maximum Gasteiger partial charge on any atom is 0.199 e. The monoisotopic (exact) mass is 304 g/mol. The number of aliphatic hydroxyl groups is 3. The maximum atomic E-state index is 10.8. The third-order valence-electron chi connectivity index (χ3n) is 7.52. The molecule has 0 aromatic rings. The predicted octanol–water partition coefficient (Wildman–Crippen LogP) is 3.06. The molecule has 3 nitrogen and oxygen atoms in total. The Morgan fingerprint density at radius 1 is 1.09 bits per heavy atom. The zero-order valence-corrected chi connectivity index (χ0v) is 13.7. The van der Waals surface area contributed by atoms with Gasteiger partial charge in [0.2, 0.25) is 0 Å². The largest absolute Gasteiger partial charge is 0.387 e. The Labute approximate surface area is 132 Å². The van der Waals surface area contributed by atoms with Crippen LogP contribution in [0.3, 0.4) is 0 Å². The highest BCUT2D eigenvalue weighted by Gasteiger charge is 2.62. The molecule has 4 atom stereocenters. The molecule has 4 rings (SSSR count). The molecule has 0 heterocycles. The minimum absolute atomic E-state index is 0.179. The lowest BCUT2D eigenvalue weighted by atomic mass is 9.50. The van der Waals surface area contributed by atoms with Gasteiger partial charge in [0.15, 0.2) is 5.79 Å². The summed E-state index contributed by atoms with van der Waals surface area (Å²) in [5.41, 5.74) is 3.88. The number of hydrogen-bond donors (Lipinski definition) is 3. The van der Waals surface area contributed by atoms with E-state index in [-0.39, 0.29) is 5.92 Å². The van der Waals surface area contributed by atoms with Crippen molar-refractivity contribution < 1.29 is 15.3 Å². The van der Waals surface area contributed by atoms with Crippen molar-refractivity contribution in [2.45, 2.75) is 77.1 Å². The lowest BCUT2D eigenvalue weighted by Crippen LogP contribution is -2.62. The summed E-state index contributed by atoms with van der Waals surface area (Å²) < 4.78 is 0. The van der Waals surface area contributed by atoms with Crippen LogP contribution in [0.25, 0.3) is 0 Å². The predicted molar refractivity (Wildman–Crippen MR) is 84.9 cm³/mol. The smallest absolute Gasteiger partial charge is 0.199 e. The van der Waals surface area contributed by atoms with Crippen molar-refractivity contribution in [2.24, 2.45) is 16.7 Å². The van der Waals surface area contributed by atoms with Crippen molar-refractivity contribution in [2.75, 3.05) is 0 Å². The van der Waals surface area contributed by atoms with E-state index in [1.165, 1.54) is 24.8 Å². The van der Waals surface area contributed by atoms with Gasteiger partial charge in [-0.1, -0.05) is 29.7 Å². The average Bonchev–Trinajstić information content (AvgIpc) is 2.86. The summed E-state index contributed by atoms with van der Waals surface area (Å²) in [4.78, 5) is 0. The van der Waals surface area contributed by atoms with Gasteiger partial charge in [0, 0.05) is 0 Å². The van der Waals surface area contributed by atoms with Crippen LogP contribution in [0.4, 0.5) is 0 Å². The molecule has 0 aliphatic heterocycles. The molecule has 0 bridgehead atoms. The zero-order valence-electron chi connectivity index (χ0n) is 13.7. The average molecular weight is 304 g/mol. The van der Waals surface area contributed by atoms with Crippen molar-refractivity contribution in [3.8, 4) is 0 Å². The maximum absolute atomic E-state index is 10.8. The van der Waals surface area contributed by atoms with E-state index in [2.05, 4.69) is 13.0 Å². The summed E-state index contributed by atoms with van der Waals surface area (Å²) in [5, 5.41) is 31.8. The summed E-state index contributed by atoms with van der Waals surface area (Å²) in [5.74, 6) is -1.83. The van der Waals surface area contributed by atoms with E-state index < -0.39 is 17.3 Å². The number of aliphatic hydroxyl groups excluding tert-OH is 1. The Bertz CT molecular complexity index is 573. The van der Waals surface area contributed by atoms with Gasteiger partial charge in [0.1, 0.15) is 6.10 Å². The Hall–Kier alpha value is -0.640. The summed E-state index contributed by atoms with van der Waals surface area (Å²) in [6.07, 6.45) is 9.22. The standard InChI is InChI=1S/C19H28O3/c1-17-10-3-4-14(17)13-7-5-12-6-8-16(20)19(21,22)18(12,2)15(13)9-11-17/h6,15-16,20-22H,3-5,7-11H2,1-2H3/t15-,16?,17-,18-/m0/s1. The molecule has 0 radical (unpaired) electrons. The van der Waals surface area contributed by atoms with Gasteiger partial charge >= 0.3 is 0 Å². The molecule has 1 unspecified atom stereocenters. The van der Waals surface area contributed by atoms with Gasteiger partial charge in [-0.05, 0) is 69.6 Å². The quantitative estimate of drug-likeness (QED) is 0.476. The second-order valence-electron chi connectivity index (χ2n) is 8.42. The summed E-state index contributed by atoms with van der Waals surface area (Å²) in [6, 6.07) is 0. The van der Waals surface area contributed by atoms with Crippen molar-refractivity contribution in [1.29, 1.82) is 0 Å². The number of rotatable bonds is 0. The van der Waals surface area contributed by atoms with Crippen LogP contribution >= 0.6 is 0 Å². The molecule has 4 aliphatic rings. The Kier molecular flexibility index (Phi) is 3.03. The van der Waals surface area contributed by atoms with Gasteiger partial charge in [-0.15, -0.1) is 0 Å². The summed E-state index contributed by atoms with van der Waals surface area (Å²) >= 11 is 0. The minimum Gasteiger partial charge on any atom is -0.387 e. The highest BCUT2D eigenvalue weighted by Crippen LogP contribution is 2.64. The first-order valence-corrected chi connectivity index (χ1v) is 8.85. The van der Waals surface area contributed by atoms with Gasteiger partial charge in [0.25, 0.3) is 0 Å². The first kappa shape index (κ1) is 14.9. The molecule has 122 valence electrons. The third-order valence-corrected chi connectivity index (χ3v) is 7.52. The Morgan fingerprint density at radius 3 is 2.64 bits per heavy atom. The number of allylic oxidation sites excluding steroid dienone is 2. The second-order valence-corrected chi connectivity index (χ2v) is 8.42. The van der Waals surface area contributed by atoms with E-state index in [0.717, 1.165) is 31.3 Å². The van der Waals surface area contributed by atoms with E-state index in [4.69, 9.17) is 0 Å². The molecular weight excluding hydrogens is 276 g/mol. The fraction of sp³-hybridized carbons (Fsp3) is 0.789. The van der Waals surface area contributed by atoms with Crippen molar-refractivity contribution in [3.63, 3.8) is 0 Å². The third kappa shape index (κ3) is 1.63. The molecular formula is C19H28O3. The van der Waals surface area contributed by atoms with Crippen LogP contribution in [0.5, 0.6) is 0 Å². The van der Waals surface area contributed by atoms with Gasteiger partial charge < -0.3 is 15.3 Å². The molecule has 2 saturated carbocycles. The fourth-order valence-electron chi connectivity index (χ4n) is 6.07. The number of hydrogen-bond acceptors (Lipinski definition) is 3. The van der Waals surface area contributed by atoms with Gasteiger partial charge in [0.05, 0.1) is 5.41 Å². The Balaban J connectivity index is 1.86. The van der Waals surface area contributed by atoms with Crippen LogP contribution in [0.2, 0.25) is 0 Å². The highest BCUT2D eigenvalue weighted by molar-refractivity contribution is 5.40. The van der Waals surface area contributed by atoms with E-state index in [1.807, 2.05) is 6.92 Å². The lowest BCUT2D eigenvalue weighted by Gasteiger charge is -2.57. The SMILES string of the molecule is C[C@@]12CCCC1=C1CCC3=CCC(O)C(O)(O)[C@]3(C)[C@H]1CC2. The van der Waals surface area contributed by atoms with Gasteiger partial charge in [-0.2, -0.15) is 0 Å². The Morgan fingerprint density at radius 2 is 1.86 bits per heavy atom. The normalized spacial score (nSPS) is 46.7.